The van der Waals surface area contributed by atoms with E-state index in [0.717, 1.165) is 108 Å². The number of hydrogen-bond acceptors (Lipinski definition) is 15. The summed E-state index contributed by atoms with van der Waals surface area (Å²) in [4.78, 5) is 72.6. The van der Waals surface area contributed by atoms with Gasteiger partial charge in [-0.1, -0.05) is 305 Å². The Morgan fingerprint density at radius 1 is 0.322 bits per heavy atom. The van der Waals surface area contributed by atoms with Crippen LogP contribution in [0.5, 0.6) is 0 Å². The molecule has 19 heteroatoms. The monoisotopic (exact) mass is 1320 g/mol. The Morgan fingerprint density at radius 2 is 0.567 bits per heavy atom. The zero-order valence-electron chi connectivity index (χ0n) is 58.6. The van der Waals surface area contributed by atoms with Crippen LogP contribution in [0.1, 0.15) is 357 Å². The summed E-state index contributed by atoms with van der Waals surface area (Å²) in [5.74, 6) is 0.187. The topological polar surface area (TPSA) is 237 Å². The highest BCUT2D eigenvalue weighted by Crippen LogP contribution is 2.45. The molecule has 0 radical (unpaired) electrons. The van der Waals surface area contributed by atoms with Crippen LogP contribution in [-0.4, -0.2) is 96.7 Å². The zero-order valence-corrected chi connectivity index (χ0v) is 60.4. The van der Waals surface area contributed by atoms with Gasteiger partial charge in [0.1, 0.15) is 19.3 Å². The predicted octanol–water partition coefficient (Wildman–Crippen LogP) is 20.2. The number of rotatable bonds is 69. The Balaban J connectivity index is 5.28. The molecule has 0 rings (SSSR count). The number of unbranched alkanes of at least 4 members (excludes halogenated alkanes) is 35. The first kappa shape index (κ1) is 88.1. The van der Waals surface area contributed by atoms with Crippen molar-refractivity contribution >= 4 is 39.5 Å². The molecule has 534 valence electrons. The minimum absolute atomic E-state index is 0.105. The van der Waals surface area contributed by atoms with Gasteiger partial charge >= 0.3 is 39.5 Å². The van der Waals surface area contributed by atoms with E-state index in [1.807, 2.05) is 0 Å². The fraction of sp³-hybridized carbons (Fsp3) is 0.944. The maximum atomic E-state index is 13.0. The molecule has 0 saturated heterocycles. The lowest BCUT2D eigenvalue weighted by Gasteiger charge is -2.21. The first-order valence-electron chi connectivity index (χ1n) is 36.9. The average molecular weight is 1330 g/mol. The van der Waals surface area contributed by atoms with E-state index in [1.54, 1.807) is 0 Å². The molecule has 90 heavy (non-hydrogen) atoms. The fourth-order valence-electron chi connectivity index (χ4n) is 10.7. The van der Waals surface area contributed by atoms with E-state index < -0.39 is 97.5 Å². The van der Waals surface area contributed by atoms with Gasteiger partial charge in [-0.15, -0.1) is 0 Å². The highest BCUT2D eigenvalue weighted by molar-refractivity contribution is 7.47. The lowest BCUT2D eigenvalue weighted by molar-refractivity contribution is -0.161. The summed E-state index contributed by atoms with van der Waals surface area (Å²) >= 11 is 0. The number of phosphoric ester groups is 2. The third-order valence-electron chi connectivity index (χ3n) is 17.1. The number of carbonyl (C=O) groups excluding carboxylic acids is 4. The third kappa shape index (κ3) is 62.2. The van der Waals surface area contributed by atoms with Crippen molar-refractivity contribution in [1.29, 1.82) is 0 Å². The SMILES string of the molecule is CCCCCCCCCCCCCCC(=O)OC[C@H](COP(=O)(O)OC[C@H](O)COP(=O)(O)OC[C@@H](COC(=O)CCCCCCCCCCC(C)CC)OC(=O)CCCCCCCCCCCCCC(C)C)OC(=O)CCCCCCCCCCC(C)CC. The molecule has 4 unspecified atom stereocenters. The second-order valence-corrected chi connectivity index (χ2v) is 29.5. The first-order chi connectivity index (χ1) is 43.3. The Bertz CT molecular complexity index is 1770. The maximum Gasteiger partial charge on any atom is 0.472 e. The van der Waals surface area contributed by atoms with Crippen LogP contribution in [0, 0.1) is 17.8 Å². The number of carbonyl (C=O) groups is 4. The minimum Gasteiger partial charge on any atom is -0.462 e. The van der Waals surface area contributed by atoms with Crippen LogP contribution in [0.4, 0.5) is 0 Å². The molecule has 0 aliphatic rings. The summed E-state index contributed by atoms with van der Waals surface area (Å²) in [5, 5.41) is 10.6. The van der Waals surface area contributed by atoms with Gasteiger partial charge in [0.15, 0.2) is 12.2 Å². The number of hydrogen-bond donors (Lipinski definition) is 3. The number of phosphoric acid groups is 2. The lowest BCUT2D eigenvalue weighted by Crippen LogP contribution is -2.30. The first-order valence-corrected chi connectivity index (χ1v) is 39.9. The normalized spacial score (nSPS) is 14.8. The summed E-state index contributed by atoms with van der Waals surface area (Å²) in [6.07, 6.45) is 45.6. The molecule has 0 bridgehead atoms. The van der Waals surface area contributed by atoms with Crippen molar-refractivity contribution in [1.82, 2.24) is 0 Å². The molecule has 0 heterocycles. The lowest BCUT2D eigenvalue weighted by atomic mass is 9.99. The summed E-state index contributed by atoms with van der Waals surface area (Å²) in [5.41, 5.74) is 0. The summed E-state index contributed by atoms with van der Waals surface area (Å²) < 4.78 is 68.4. The number of aliphatic hydroxyl groups is 1. The van der Waals surface area contributed by atoms with Gasteiger partial charge in [-0.25, -0.2) is 9.13 Å². The number of esters is 4. The highest BCUT2D eigenvalue weighted by Gasteiger charge is 2.30. The summed E-state index contributed by atoms with van der Waals surface area (Å²) in [6, 6.07) is 0. The van der Waals surface area contributed by atoms with Crippen LogP contribution >= 0.6 is 15.6 Å². The summed E-state index contributed by atoms with van der Waals surface area (Å²) in [7, 11) is -9.90. The molecule has 0 spiro atoms. The van der Waals surface area contributed by atoms with Crippen molar-refractivity contribution in [3.8, 4) is 0 Å². The van der Waals surface area contributed by atoms with E-state index >= 15 is 0 Å². The number of ether oxygens (including phenoxy) is 4. The van der Waals surface area contributed by atoms with Crippen LogP contribution in [-0.2, 0) is 65.4 Å². The van der Waals surface area contributed by atoms with Gasteiger partial charge in [0.05, 0.1) is 26.4 Å². The van der Waals surface area contributed by atoms with Gasteiger partial charge in [0.25, 0.3) is 0 Å². The molecule has 17 nitrogen and oxygen atoms in total. The van der Waals surface area contributed by atoms with E-state index in [0.29, 0.717) is 25.7 Å². The van der Waals surface area contributed by atoms with Crippen molar-refractivity contribution in [2.24, 2.45) is 17.8 Å². The largest absolute Gasteiger partial charge is 0.472 e. The third-order valence-corrected chi connectivity index (χ3v) is 19.0. The minimum atomic E-state index is -4.95. The molecule has 0 saturated carbocycles. The molecular formula is C71H138O17P2. The zero-order chi connectivity index (χ0) is 66.6. The molecule has 3 N–H and O–H groups in total. The van der Waals surface area contributed by atoms with E-state index in [2.05, 4.69) is 48.5 Å². The van der Waals surface area contributed by atoms with Crippen molar-refractivity contribution in [2.45, 2.75) is 375 Å². The molecule has 7 atom stereocenters. The Morgan fingerprint density at radius 3 is 0.844 bits per heavy atom. The molecule has 0 fully saturated rings. The average Bonchev–Trinajstić information content (AvgIpc) is 3.59. The highest BCUT2D eigenvalue weighted by atomic mass is 31.2. The molecule has 0 aliphatic carbocycles. The van der Waals surface area contributed by atoms with E-state index in [4.69, 9.17) is 37.0 Å². The van der Waals surface area contributed by atoms with Crippen molar-refractivity contribution in [3.63, 3.8) is 0 Å². The van der Waals surface area contributed by atoms with Crippen LogP contribution in [0.25, 0.3) is 0 Å². The fourth-order valence-corrected chi connectivity index (χ4v) is 12.2. The number of aliphatic hydroxyl groups excluding tert-OH is 1. The van der Waals surface area contributed by atoms with E-state index in [9.17, 15) is 43.2 Å². The van der Waals surface area contributed by atoms with Crippen LogP contribution in [0.15, 0.2) is 0 Å². The van der Waals surface area contributed by atoms with E-state index in [-0.39, 0.29) is 25.7 Å². The Hall–Kier alpha value is -1.94. The Kier molecular flexibility index (Phi) is 60.6. The maximum absolute atomic E-state index is 13.0. The van der Waals surface area contributed by atoms with Crippen LogP contribution in [0.3, 0.4) is 0 Å². The molecular weight excluding hydrogens is 1190 g/mol. The van der Waals surface area contributed by atoms with E-state index in [1.165, 1.54) is 167 Å². The molecule has 0 aromatic carbocycles. The Labute approximate surface area is 549 Å². The van der Waals surface area contributed by atoms with Crippen LogP contribution < -0.4 is 0 Å². The predicted molar refractivity (Wildman–Crippen MR) is 363 cm³/mol. The van der Waals surface area contributed by atoms with Gasteiger partial charge in [-0.2, -0.15) is 0 Å². The second kappa shape index (κ2) is 61.9. The van der Waals surface area contributed by atoms with Crippen molar-refractivity contribution in [2.75, 3.05) is 39.6 Å². The second-order valence-electron chi connectivity index (χ2n) is 26.6. The van der Waals surface area contributed by atoms with Gasteiger partial charge in [-0.3, -0.25) is 37.3 Å². The van der Waals surface area contributed by atoms with Gasteiger partial charge in [-0.05, 0) is 43.4 Å². The van der Waals surface area contributed by atoms with Crippen molar-refractivity contribution < 1.29 is 80.2 Å². The molecule has 0 amide bonds. The summed E-state index contributed by atoms with van der Waals surface area (Å²) in [6.45, 7) is 11.9. The van der Waals surface area contributed by atoms with Gasteiger partial charge in [0.2, 0.25) is 0 Å². The molecule has 0 aromatic rings. The molecule has 0 aliphatic heterocycles. The smallest absolute Gasteiger partial charge is 0.462 e. The standard InChI is InChI=1S/C71H138O17P2/c1-8-11-12-13-14-15-16-19-22-31-38-45-52-68(73)81-58-67(88-71(76)55-48-41-34-27-25-30-37-44-51-64(7)10-3)61-86-90(79,80)84-57-65(72)56-83-89(77,78)85-60-66(59-82-69(74)53-46-39-32-26-24-29-36-43-50-63(6)9-2)87-70(75)54-47-40-33-23-20-17-18-21-28-35-42-49-62(4)5/h62-67,72H,8-61H2,1-7H3,(H,77,78)(H,79,80)/t63?,64?,65-,66-,67-/m1/s1. The van der Waals surface area contributed by atoms with Gasteiger partial charge in [0, 0.05) is 25.7 Å². The van der Waals surface area contributed by atoms with Crippen molar-refractivity contribution in [3.05, 3.63) is 0 Å². The molecule has 0 aromatic heterocycles. The van der Waals surface area contributed by atoms with Gasteiger partial charge < -0.3 is 33.8 Å². The quantitative estimate of drug-likeness (QED) is 0.0222. The van der Waals surface area contributed by atoms with Crippen LogP contribution in [0.2, 0.25) is 0 Å².